The largest absolute Gasteiger partial charge is 0.417 e. The zero-order chi connectivity index (χ0) is 21.7. The van der Waals surface area contributed by atoms with Crippen LogP contribution in [-0.2, 0) is 6.18 Å². The normalized spacial score (nSPS) is 14.2. The van der Waals surface area contributed by atoms with Gasteiger partial charge >= 0.3 is 11.9 Å². The van der Waals surface area contributed by atoms with Crippen molar-refractivity contribution in [3.63, 3.8) is 0 Å². The Labute approximate surface area is 175 Å². The third-order valence-corrected chi connectivity index (χ3v) is 4.99. The van der Waals surface area contributed by atoms with E-state index in [1.807, 2.05) is 0 Å². The van der Waals surface area contributed by atoms with Crippen molar-refractivity contribution in [3.8, 4) is 0 Å². The van der Waals surface area contributed by atoms with E-state index in [2.05, 4.69) is 26.7 Å². The molecule has 0 saturated carbocycles. The van der Waals surface area contributed by atoms with Crippen molar-refractivity contribution in [1.29, 1.82) is 0 Å². The Hall–Kier alpha value is -2.88. The molecule has 0 saturated heterocycles. The molecule has 0 radical (unpaired) electrons. The smallest absolute Gasteiger partial charge is 0.364 e. The molecule has 0 aliphatic heterocycles. The molecular formula is C19H19ClF3N5O2. The molecule has 1 heterocycles. The number of aromatic nitrogens is 2. The predicted octanol–water partition coefficient (Wildman–Crippen LogP) is 6.10. The molecule has 3 rings (SSSR count). The molecule has 0 bridgehead atoms. The number of allylic oxidation sites excluding steroid dienone is 1. The van der Waals surface area contributed by atoms with Crippen LogP contribution in [0.25, 0.3) is 0 Å². The number of halogens is 4. The van der Waals surface area contributed by atoms with Crippen molar-refractivity contribution in [2.24, 2.45) is 0 Å². The van der Waals surface area contributed by atoms with Crippen molar-refractivity contribution in [3.05, 3.63) is 56.9 Å². The number of hydrogen-bond donors (Lipinski definition) is 2. The number of rotatable bonds is 7. The van der Waals surface area contributed by atoms with Crippen LogP contribution in [0.3, 0.4) is 0 Å². The van der Waals surface area contributed by atoms with Crippen LogP contribution in [0.5, 0.6) is 0 Å². The van der Waals surface area contributed by atoms with Crippen LogP contribution in [0.1, 0.15) is 37.7 Å². The van der Waals surface area contributed by atoms with Crippen LogP contribution in [0, 0.1) is 10.1 Å². The van der Waals surface area contributed by atoms with Gasteiger partial charge in [0.05, 0.1) is 15.5 Å². The molecule has 7 nitrogen and oxygen atoms in total. The molecule has 2 N–H and O–H groups in total. The minimum absolute atomic E-state index is 0.00100. The standard InChI is InChI=1S/C19H19ClF3N5O2/c20-15-7-6-13(10-14(15)19(21,22)23)27-18-16(28(29)30)17(25-11-26-18)24-9-8-12-4-2-1-3-5-12/h4,6-7,10-11H,1-3,5,8-9H2,(H2,24,25,26,27). The van der Waals surface area contributed by atoms with E-state index in [9.17, 15) is 23.3 Å². The van der Waals surface area contributed by atoms with E-state index in [4.69, 9.17) is 11.6 Å². The number of nitrogens with one attached hydrogen (secondary N) is 2. The fourth-order valence-corrected chi connectivity index (χ4v) is 3.43. The first-order chi connectivity index (χ1) is 14.3. The second-order valence-corrected chi connectivity index (χ2v) is 7.19. The van der Waals surface area contributed by atoms with E-state index in [1.54, 1.807) is 0 Å². The maximum absolute atomic E-state index is 13.1. The van der Waals surface area contributed by atoms with Gasteiger partial charge in [0, 0.05) is 12.2 Å². The van der Waals surface area contributed by atoms with Crippen LogP contribution >= 0.6 is 11.6 Å². The van der Waals surface area contributed by atoms with Gasteiger partial charge in [0.2, 0.25) is 11.6 Å². The van der Waals surface area contributed by atoms with E-state index in [0.717, 1.165) is 44.1 Å². The monoisotopic (exact) mass is 441 g/mol. The van der Waals surface area contributed by atoms with Gasteiger partial charge in [-0.25, -0.2) is 9.97 Å². The van der Waals surface area contributed by atoms with Crippen LogP contribution in [0.2, 0.25) is 5.02 Å². The molecule has 160 valence electrons. The van der Waals surface area contributed by atoms with Crippen LogP contribution < -0.4 is 10.6 Å². The molecule has 1 aromatic heterocycles. The van der Waals surface area contributed by atoms with Gasteiger partial charge in [0.25, 0.3) is 0 Å². The first-order valence-corrected chi connectivity index (χ1v) is 9.68. The third kappa shape index (κ3) is 5.38. The van der Waals surface area contributed by atoms with Gasteiger partial charge in [-0.2, -0.15) is 13.2 Å². The van der Waals surface area contributed by atoms with Gasteiger partial charge in [-0.05, 0) is 50.3 Å². The average molecular weight is 442 g/mol. The van der Waals surface area contributed by atoms with Gasteiger partial charge in [-0.3, -0.25) is 10.1 Å². The van der Waals surface area contributed by atoms with Crippen molar-refractivity contribution < 1.29 is 18.1 Å². The van der Waals surface area contributed by atoms with Gasteiger partial charge in [0.1, 0.15) is 6.33 Å². The molecule has 0 fully saturated rings. The molecule has 0 atom stereocenters. The lowest BCUT2D eigenvalue weighted by Crippen LogP contribution is -2.11. The quantitative estimate of drug-likeness (QED) is 0.306. The summed E-state index contributed by atoms with van der Waals surface area (Å²) in [5.41, 5.74) is -0.236. The van der Waals surface area contributed by atoms with Crippen LogP contribution in [0.15, 0.2) is 36.2 Å². The Bertz CT molecular complexity index is 966. The Balaban J connectivity index is 1.81. The van der Waals surface area contributed by atoms with Crippen molar-refractivity contribution in [2.45, 2.75) is 38.3 Å². The minimum atomic E-state index is -4.66. The number of nitrogens with zero attached hydrogens (tertiary/aromatic N) is 3. The summed E-state index contributed by atoms with van der Waals surface area (Å²) in [6.45, 7) is 0.447. The molecule has 2 aromatic rings. The van der Waals surface area contributed by atoms with Crippen LogP contribution in [0.4, 0.5) is 36.2 Å². The number of hydrogen-bond acceptors (Lipinski definition) is 6. The Kier molecular flexibility index (Phi) is 6.76. The fraction of sp³-hybridized carbons (Fsp3) is 0.368. The fourth-order valence-electron chi connectivity index (χ4n) is 3.20. The molecule has 0 unspecified atom stereocenters. The summed E-state index contributed by atoms with van der Waals surface area (Å²) in [7, 11) is 0. The third-order valence-electron chi connectivity index (χ3n) is 4.66. The van der Waals surface area contributed by atoms with E-state index in [0.29, 0.717) is 6.54 Å². The van der Waals surface area contributed by atoms with Crippen molar-refractivity contribution >= 4 is 34.6 Å². The van der Waals surface area contributed by atoms with Crippen LogP contribution in [-0.4, -0.2) is 21.4 Å². The summed E-state index contributed by atoms with van der Waals surface area (Å²) in [6.07, 6.45) is 3.72. The highest BCUT2D eigenvalue weighted by Gasteiger charge is 2.33. The first kappa shape index (κ1) is 21.8. The maximum Gasteiger partial charge on any atom is 0.417 e. The second kappa shape index (κ2) is 9.29. The highest BCUT2D eigenvalue weighted by molar-refractivity contribution is 6.31. The van der Waals surface area contributed by atoms with E-state index in [-0.39, 0.29) is 17.3 Å². The van der Waals surface area contributed by atoms with E-state index in [1.165, 1.54) is 18.1 Å². The Morgan fingerprint density at radius 1 is 1.20 bits per heavy atom. The molecule has 0 amide bonds. The predicted molar refractivity (Wildman–Crippen MR) is 108 cm³/mol. The average Bonchev–Trinajstić information content (AvgIpc) is 2.69. The molecule has 1 aliphatic rings. The van der Waals surface area contributed by atoms with Crippen molar-refractivity contribution in [1.82, 2.24) is 9.97 Å². The highest BCUT2D eigenvalue weighted by atomic mass is 35.5. The minimum Gasteiger partial charge on any atom is -0.364 e. The number of nitro groups is 1. The lowest BCUT2D eigenvalue weighted by molar-refractivity contribution is -0.383. The zero-order valence-corrected chi connectivity index (χ0v) is 16.6. The summed E-state index contributed by atoms with van der Waals surface area (Å²) < 4.78 is 39.2. The Morgan fingerprint density at radius 2 is 1.97 bits per heavy atom. The Morgan fingerprint density at radius 3 is 2.63 bits per heavy atom. The number of alkyl halides is 3. The number of anilines is 3. The van der Waals surface area contributed by atoms with Gasteiger partial charge in [-0.1, -0.05) is 23.3 Å². The van der Waals surface area contributed by atoms with Gasteiger partial charge < -0.3 is 10.6 Å². The molecule has 1 aliphatic carbocycles. The lowest BCUT2D eigenvalue weighted by Gasteiger charge is -2.14. The van der Waals surface area contributed by atoms with E-state index >= 15 is 0 Å². The summed E-state index contributed by atoms with van der Waals surface area (Å²) in [5, 5.41) is 16.7. The summed E-state index contributed by atoms with van der Waals surface area (Å²) in [5.74, 6) is -0.219. The SMILES string of the molecule is O=[N+]([O-])c1c(NCCC2=CCCCC2)ncnc1Nc1ccc(Cl)c(C(F)(F)F)c1. The highest BCUT2D eigenvalue weighted by Crippen LogP contribution is 2.38. The molecule has 0 spiro atoms. The maximum atomic E-state index is 13.1. The molecule has 30 heavy (non-hydrogen) atoms. The zero-order valence-electron chi connectivity index (χ0n) is 15.8. The second-order valence-electron chi connectivity index (χ2n) is 6.78. The summed E-state index contributed by atoms with van der Waals surface area (Å²) in [4.78, 5) is 18.7. The summed E-state index contributed by atoms with van der Waals surface area (Å²) >= 11 is 5.62. The molecule has 11 heteroatoms. The first-order valence-electron chi connectivity index (χ1n) is 9.30. The lowest BCUT2D eigenvalue weighted by atomic mass is 9.97. The van der Waals surface area contributed by atoms with Crippen molar-refractivity contribution in [2.75, 3.05) is 17.2 Å². The molecule has 1 aromatic carbocycles. The summed E-state index contributed by atoms with van der Waals surface area (Å²) in [6, 6.07) is 3.12. The number of benzene rings is 1. The van der Waals surface area contributed by atoms with E-state index < -0.39 is 27.4 Å². The molecular weight excluding hydrogens is 423 g/mol. The van der Waals surface area contributed by atoms with Gasteiger partial charge in [0.15, 0.2) is 0 Å². The topological polar surface area (TPSA) is 93.0 Å². The van der Waals surface area contributed by atoms with Gasteiger partial charge in [-0.15, -0.1) is 0 Å².